The largest absolute Gasteiger partial charge is 0.340 e. The Morgan fingerprint density at radius 1 is 0.419 bits per heavy atom. The molecule has 1 heteroatoms. The fraction of sp³-hybridized carbons (Fsp3) is 0.0667. The summed E-state index contributed by atoms with van der Waals surface area (Å²) in [7, 11) is 0. The first-order valence-corrected chi connectivity index (χ1v) is 10.8. The molecule has 0 spiro atoms. The van der Waals surface area contributed by atoms with Crippen LogP contribution in [0.3, 0.4) is 0 Å². The van der Waals surface area contributed by atoms with E-state index in [2.05, 4.69) is 121 Å². The Labute approximate surface area is 181 Å². The van der Waals surface area contributed by atoms with Gasteiger partial charge in [-0.15, -0.1) is 0 Å². The van der Waals surface area contributed by atoms with E-state index in [-0.39, 0.29) is 0 Å². The topological polar surface area (TPSA) is 9.23 Å². The van der Waals surface area contributed by atoms with Crippen LogP contribution in [0.1, 0.15) is 33.4 Å². The lowest BCUT2D eigenvalue weighted by atomic mass is 9.67. The molecule has 2 heterocycles. The average molecular weight is 396 g/mol. The molecular formula is C30H20O. The zero-order valence-corrected chi connectivity index (χ0v) is 17.0. The van der Waals surface area contributed by atoms with Gasteiger partial charge in [-0.2, -0.15) is 0 Å². The van der Waals surface area contributed by atoms with Crippen LogP contribution in [-0.4, -0.2) is 0 Å². The van der Waals surface area contributed by atoms with Gasteiger partial charge in [-0.25, -0.2) is 0 Å². The van der Waals surface area contributed by atoms with Gasteiger partial charge in [0.2, 0.25) is 0 Å². The predicted molar refractivity (Wildman–Crippen MR) is 124 cm³/mol. The highest BCUT2D eigenvalue weighted by Crippen LogP contribution is 2.66. The third kappa shape index (κ3) is 1.95. The van der Waals surface area contributed by atoms with Crippen molar-refractivity contribution in [1.82, 2.24) is 0 Å². The average Bonchev–Trinajstić information content (AvgIpc) is 3.35. The molecule has 146 valence electrons. The quantitative estimate of drug-likeness (QED) is 0.320. The van der Waals surface area contributed by atoms with Gasteiger partial charge in [0.15, 0.2) is 0 Å². The molecule has 2 bridgehead atoms. The summed E-state index contributed by atoms with van der Waals surface area (Å²) >= 11 is 0. The molecule has 0 aromatic heterocycles. The molecule has 0 saturated carbocycles. The second-order valence-electron chi connectivity index (χ2n) is 8.45. The van der Waals surface area contributed by atoms with Gasteiger partial charge in [0, 0.05) is 11.1 Å². The molecule has 0 amide bonds. The Morgan fingerprint density at radius 3 is 1.68 bits per heavy atom. The molecule has 7 rings (SSSR count). The van der Waals surface area contributed by atoms with Crippen molar-refractivity contribution in [3.8, 4) is 0 Å². The summed E-state index contributed by atoms with van der Waals surface area (Å²) in [5.41, 5.74) is 6.11. The van der Waals surface area contributed by atoms with E-state index in [9.17, 15) is 0 Å². The second kappa shape index (κ2) is 5.94. The van der Waals surface area contributed by atoms with Crippen molar-refractivity contribution in [3.63, 3.8) is 0 Å². The Balaban J connectivity index is 1.71. The lowest BCUT2D eigenvalue weighted by Gasteiger charge is -2.31. The minimum absolute atomic E-state index is 0.618. The van der Waals surface area contributed by atoms with Crippen LogP contribution in [0.2, 0.25) is 0 Å². The molecule has 0 saturated heterocycles. The van der Waals surface area contributed by atoms with Gasteiger partial charge in [-0.3, -0.25) is 0 Å². The minimum Gasteiger partial charge on any atom is -0.340 e. The monoisotopic (exact) mass is 396 g/mol. The highest BCUT2D eigenvalue weighted by atomic mass is 16.5. The first-order valence-electron chi connectivity index (χ1n) is 10.8. The number of hydrogen-bond acceptors (Lipinski definition) is 1. The highest BCUT2D eigenvalue weighted by Gasteiger charge is 2.64. The number of benzene rings is 5. The van der Waals surface area contributed by atoms with E-state index in [1.54, 1.807) is 0 Å². The molecule has 1 nitrogen and oxygen atoms in total. The van der Waals surface area contributed by atoms with Gasteiger partial charge >= 0.3 is 0 Å². The van der Waals surface area contributed by atoms with E-state index < -0.39 is 11.2 Å². The zero-order chi connectivity index (χ0) is 20.5. The molecule has 0 radical (unpaired) electrons. The molecule has 2 aliphatic rings. The van der Waals surface area contributed by atoms with Crippen LogP contribution in [0.5, 0.6) is 0 Å². The third-order valence-electron chi connectivity index (χ3n) is 7.01. The molecule has 31 heavy (non-hydrogen) atoms. The lowest BCUT2D eigenvalue weighted by Crippen LogP contribution is -2.27. The SMILES string of the molecule is c1ccc([C@@]23O[C@@](c4ccccc4)(c4ccccc42)c2c3ccc3ccccc23)cc1. The number of hydrogen-bond donors (Lipinski definition) is 0. The van der Waals surface area contributed by atoms with Crippen LogP contribution >= 0.6 is 0 Å². The molecule has 2 aliphatic heterocycles. The number of rotatable bonds is 2. The van der Waals surface area contributed by atoms with Crippen molar-refractivity contribution >= 4 is 10.8 Å². The smallest absolute Gasteiger partial charge is 0.147 e. The van der Waals surface area contributed by atoms with Crippen LogP contribution in [0.15, 0.2) is 121 Å². The maximum absolute atomic E-state index is 7.37. The summed E-state index contributed by atoms with van der Waals surface area (Å²) in [5.74, 6) is 0. The Kier molecular flexibility index (Phi) is 3.26. The fourth-order valence-corrected chi connectivity index (χ4v) is 5.84. The highest BCUT2D eigenvalue weighted by molar-refractivity contribution is 5.92. The number of ether oxygens (including phenoxy) is 1. The summed E-state index contributed by atoms with van der Waals surface area (Å²) in [6.07, 6.45) is 0. The van der Waals surface area contributed by atoms with Gasteiger partial charge < -0.3 is 4.74 Å². The van der Waals surface area contributed by atoms with Crippen molar-refractivity contribution in [2.24, 2.45) is 0 Å². The van der Waals surface area contributed by atoms with E-state index in [1.165, 1.54) is 44.2 Å². The van der Waals surface area contributed by atoms with Crippen LogP contribution in [-0.2, 0) is 15.9 Å². The summed E-state index contributed by atoms with van der Waals surface area (Å²) in [6.45, 7) is 0. The second-order valence-corrected chi connectivity index (χ2v) is 8.45. The molecule has 2 atom stereocenters. The van der Waals surface area contributed by atoms with Crippen LogP contribution in [0, 0.1) is 0 Å². The van der Waals surface area contributed by atoms with Crippen LogP contribution < -0.4 is 0 Å². The van der Waals surface area contributed by atoms with Crippen LogP contribution in [0.25, 0.3) is 10.8 Å². The molecule has 0 unspecified atom stereocenters. The van der Waals surface area contributed by atoms with E-state index in [1.807, 2.05) is 0 Å². The molecular weight excluding hydrogens is 376 g/mol. The first-order chi connectivity index (χ1) is 15.4. The third-order valence-corrected chi connectivity index (χ3v) is 7.01. The van der Waals surface area contributed by atoms with Crippen LogP contribution in [0.4, 0.5) is 0 Å². The van der Waals surface area contributed by atoms with E-state index in [0.29, 0.717) is 0 Å². The lowest BCUT2D eigenvalue weighted by molar-refractivity contribution is -0.0253. The zero-order valence-electron chi connectivity index (χ0n) is 17.0. The van der Waals surface area contributed by atoms with Crippen molar-refractivity contribution < 1.29 is 4.74 Å². The first kappa shape index (κ1) is 17.0. The predicted octanol–water partition coefficient (Wildman–Crippen LogP) is 6.77. The standard InChI is InChI=1S/C30H20O/c1-3-12-22(13-4-1)29-25-17-9-10-18-26(25)30(31-29,23-14-5-2-6-15-23)28-24-16-8-7-11-21(24)19-20-27(28)29/h1-20H/t29-,30+/m1/s1. The Morgan fingerprint density at radius 2 is 0.968 bits per heavy atom. The minimum atomic E-state index is -0.635. The molecule has 5 aromatic carbocycles. The number of fused-ring (bicyclic) bond motifs is 10. The van der Waals surface area contributed by atoms with E-state index >= 15 is 0 Å². The Bertz CT molecular complexity index is 1450. The van der Waals surface area contributed by atoms with Crippen molar-refractivity contribution in [2.45, 2.75) is 11.2 Å². The van der Waals surface area contributed by atoms with Gasteiger partial charge in [0.25, 0.3) is 0 Å². The summed E-state index contributed by atoms with van der Waals surface area (Å²) in [6, 6.07) is 43.3. The fourth-order valence-electron chi connectivity index (χ4n) is 5.84. The summed E-state index contributed by atoms with van der Waals surface area (Å²) in [4.78, 5) is 0. The molecule has 0 aliphatic carbocycles. The Hall–Kier alpha value is -3.68. The molecule has 0 N–H and O–H groups in total. The summed E-state index contributed by atoms with van der Waals surface area (Å²) < 4.78 is 7.37. The van der Waals surface area contributed by atoms with E-state index in [0.717, 1.165) is 0 Å². The van der Waals surface area contributed by atoms with Gasteiger partial charge in [0.05, 0.1) is 0 Å². The maximum atomic E-state index is 7.37. The van der Waals surface area contributed by atoms with Gasteiger partial charge in [0.1, 0.15) is 11.2 Å². The van der Waals surface area contributed by atoms with Crippen molar-refractivity contribution in [1.29, 1.82) is 0 Å². The molecule has 5 aromatic rings. The molecule has 0 fully saturated rings. The van der Waals surface area contributed by atoms with Crippen molar-refractivity contribution in [3.05, 3.63) is 155 Å². The van der Waals surface area contributed by atoms with E-state index in [4.69, 9.17) is 4.74 Å². The maximum Gasteiger partial charge on any atom is 0.147 e. The summed E-state index contributed by atoms with van der Waals surface area (Å²) in [5, 5.41) is 2.50. The normalized spacial score (nSPS) is 23.0. The van der Waals surface area contributed by atoms with Gasteiger partial charge in [-0.05, 0) is 33.0 Å². The van der Waals surface area contributed by atoms with Crippen molar-refractivity contribution in [2.75, 3.05) is 0 Å². The van der Waals surface area contributed by atoms with Gasteiger partial charge in [-0.1, -0.05) is 121 Å².